The van der Waals surface area contributed by atoms with E-state index in [2.05, 4.69) is 0 Å². The van der Waals surface area contributed by atoms with Gasteiger partial charge in [-0.05, 0) is 19.1 Å². The molecule has 0 aromatic heterocycles. The normalized spacial score (nSPS) is 12.0. The molecule has 0 aliphatic carbocycles. The van der Waals surface area contributed by atoms with E-state index >= 15 is 0 Å². The van der Waals surface area contributed by atoms with Crippen molar-refractivity contribution in [3.05, 3.63) is 76.8 Å². The highest BCUT2D eigenvalue weighted by Gasteiger charge is 2.28. The topological polar surface area (TPSA) is 54.5 Å². The zero-order valence-corrected chi connectivity index (χ0v) is 14.2. The molecule has 0 atom stereocenters. The molecule has 0 aliphatic rings. The summed E-state index contributed by atoms with van der Waals surface area (Å²) in [6.07, 6.45) is 1.35. The Hall–Kier alpha value is -2.40. The standard InChI is InChI=1S/C18H19NO3S/c1-14-9-11-16(12-10-14)23(21,22)17(13-19(2)3)18(20)15-7-5-4-6-8-15/h4-13H,1-3H3/b17-13+. The van der Waals surface area contributed by atoms with Crippen LogP contribution >= 0.6 is 0 Å². The molecule has 0 aliphatic heterocycles. The van der Waals surface area contributed by atoms with Crippen molar-refractivity contribution in [1.82, 2.24) is 4.90 Å². The Kier molecular flexibility index (Phi) is 5.01. The molecule has 2 rings (SSSR count). The molecule has 0 saturated carbocycles. The van der Waals surface area contributed by atoms with E-state index in [1.54, 1.807) is 61.5 Å². The first-order valence-corrected chi connectivity index (χ1v) is 8.60. The predicted octanol–water partition coefficient (Wildman–Crippen LogP) is 3.05. The first kappa shape index (κ1) is 17.0. The Balaban J connectivity index is 2.55. The van der Waals surface area contributed by atoms with Gasteiger partial charge in [0.15, 0.2) is 0 Å². The van der Waals surface area contributed by atoms with Gasteiger partial charge in [-0.1, -0.05) is 48.0 Å². The van der Waals surface area contributed by atoms with Crippen LogP contribution in [0, 0.1) is 6.92 Å². The first-order chi connectivity index (χ1) is 10.8. The zero-order chi connectivity index (χ0) is 17.0. The molecule has 0 spiro atoms. The Bertz CT molecular complexity index is 820. The predicted molar refractivity (Wildman–Crippen MR) is 90.9 cm³/mol. The van der Waals surface area contributed by atoms with Crippen LogP contribution in [0.1, 0.15) is 15.9 Å². The Labute approximate surface area is 137 Å². The van der Waals surface area contributed by atoms with E-state index in [1.807, 2.05) is 6.92 Å². The minimum atomic E-state index is -3.89. The molecule has 2 aromatic carbocycles. The Morgan fingerprint density at radius 2 is 1.52 bits per heavy atom. The summed E-state index contributed by atoms with van der Waals surface area (Å²) >= 11 is 0. The summed E-state index contributed by atoms with van der Waals surface area (Å²) in [4.78, 5) is 14.1. The van der Waals surface area contributed by atoms with Crippen molar-refractivity contribution in [3.63, 3.8) is 0 Å². The molecule has 0 unspecified atom stereocenters. The number of ketones is 1. The summed E-state index contributed by atoms with van der Waals surface area (Å²) in [5.41, 5.74) is 1.30. The van der Waals surface area contributed by atoms with Crippen LogP contribution in [0.15, 0.2) is 70.6 Å². The summed E-state index contributed by atoms with van der Waals surface area (Å²) in [6.45, 7) is 1.88. The van der Waals surface area contributed by atoms with Gasteiger partial charge >= 0.3 is 0 Å². The van der Waals surface area contributed by atoms with Gasteiger partial charge < -0.3 is 4.90 Å². The quantitative estimate of drug-likeness (QED) is 0.625. The van der Waals surface area contributed by atoms with Gasteiger partial charge in [-0.2, -0.15) is 0 Å². The van der Waals surface area contributed by atoms with Gasteiger partial charge in [0.1, 0.15) is 4.91 Å². The van der Waals surface area contributed by atoms with Crippen LogP contribution in [0.4, 0.5) is 0 Å². The molecular weight excluding hydrogens is 310 g/mol. The maximum absolute atomic E-state index is 12.9. The molecule has 0 bridgehead atoms. The number of carbonyl (C=O) groups excluding carboxylic acids is 1. The third-order valence-electron chi connectivity index (χ3n) is 3.26. The van der Waals surface area contributed by atoms with E-state index < -0.39 is 15.6 Å². The highest BCUT2D eigenvalue weighted by atomic mass is 32.2. The van der Waals surface area contributed by atoms with Crippen LogP contribution in [0.25, 0.3) is 0 Å². The van der Waals surface area contributed by atoms with Crippen LogP contribution in [-0.4, -0.2) is 33.2 Å². The van der Waals surface area contributed by atoms with Crippen LogP contribution in [-0.2, 0) is 9.84 Å². The highest BCUT2D eigenvalue weighted by molar-refractivity contribution is 7.96. The molecule has 0 N–H and O–H groups in total. The summed E-state index contributed by atoms with van der Waals surface area (Å²) in [7, 11) is -0.523. The number of benzene rings is 2. The van der Waals surface area contributed by atoms with Crippen LogP contribution in [0.2, 0.25) is 0 Å². The average Bonchev–Trinajstić information content (AvgIpc) is 2.53. The van der Waals surface area contributed by atoms with Gasteiger partial charge in [-0.15, -0.1) is 0 Å². The van der Waals surface area contributed by atoms with Crippen molar-refractivity contribution >= 4 is 15.6 Å². The fourth-order valence-electron chi connectivity index (χ4n) is 2.06. The molecule has 23 heavy (non-hydrogen) atoms. The van der Waals surface area contributed by atoms with E-state index in [0.29, 0.717) is 5.56 Å². The van der Waals surface area contributed by atoms with Gasteiger partial charge in [0.25, 0.3) is 0 Å². The number of hydrogen-bond donors (Lipinski definition) is 0. The number of aryl methyl sites for hydroxylation is 1. The van der Waals surface area contributed by atoms with Crippen molar-refractivity contribution in [2.24, 2.45) is 0 Å². The lowest BCUT2D eigenvalue weighted by Gasteiger charge is -2.12. The number of sulfone groups is 1. The number of allylic oxidation sites excluding steroid dienone is 1. The van der Waals surface area contributed by atoms with Crippen molar-refractivity contribution in [3.8, 4) is 0 Å². The lowest BCUT2D eigenvalue weighted by molar-refractivity contribution is 0.104. The molecule has 2 aromatic rings. The van der Waals surface area contributed by atoms with E-state index in [1.165, 1.54) is 18.3 Å². The van der Waals surface area contributed by atoms with Crippen LogP contribution < -0.4 is 0 Å². The Morgan fingerprint density at radius 1 is 0.957 bits per heavy atom. The van der Waals surface area contributed by atoms with Crippen LogP contribution in [0.3, 0.4) is 0 Å². The minimum Gasteiger partial charge on any atom is -0.382 e. The third-order valence-corrected chi connectivity index (χ3v) is 5.02. The second-order valence-corrected chi connectivity index (χ2v) is 7.39. The average molecular weight is 329 g/mol. The fraction of sp³-hybridized carbons (Fsp3) is 0.167. The summed E-state index contributed by atoms with van der Waals surface area (Å²) in [6, 6.07) is 14.9. The molecule has 4 nitrogen and oxygen atoms in total. The molecule has 120 valence electrons. The number of hydrogen-bond acceptors (Lipinski definition) is 4. The number of rotatable bonds is 5. The second kappa shape index (κ2) is 6.79. The van der Waals surface area contributed by atoms with Gasteiger partial charge in [0.05, 0.1) is 4.90 Å². The van der Waals surface area contributed by atoms with Crippen molar-refractivity contribution in [1.29, 1.82) is 0 Å². The smallest absolute Gasteiger partial charge is 0.211 e. The molecule has 0 fully saturated rings. The van der Waals surface area contributed by atoms with Crippen molar-refractivity contribution < 1.29 is 13.2 Å². The van der Waals surface area contributed by atoms with Gasteiger partial charge in [-0.25, -0.2) is 8.42 Å². The molecule has 0 heterocycles. The summed E-state index contributed by atoms with van der Waals surface area (Å²) < 4.78 is 25.8. The first-order valence-electron chi connectivity index (χ1n) is 7.12. The van der Waals surface area contributed by atoms with E-state index in [9.17, 15) is 13.2 Å². The van der Waals surface area contributed by atoms with Crippen molar-refractivity contribution in [2.75, 3.05) is 14.1 Å². The van der Waals surface area contributed by atoms with Gasteiger partial charge in [0.2, 0.25) is 15.6 Å². The summed E-state index contributed by atoms with van der Waals surface area (Å²) in [5.74, 6) is -0.514. The number of Topliss-reactive ketones (excluding diaryl/α,β-unsaturated/α-hetero) is 1. The van der Waals surface area contributed by atoms with Crippen molar-refractivity contribution in [2.45, 2.75) is 11.8 Å². The zero-order valence-electron chi connectivity index (χ0n) is 13.4. The number of carbonyl (C=O) groups is 1. The van der Waals surface area contributed by atoms with E-state index in [0.717, 1.165) is 5.56 Å². The maximum Gasteiger partial charge on any atom is 0.211 e. The molecule has 0 saturated heterocycles. The van der Waals surface area contributed by atoms with Gasteiger partial charge in [0, 0.05) is 25.9 Å². The second-order valence-electron chi connectivity index (χ2n) is 5.47. The fourth-order valence-corrected chi connectivity index (χ4v) is 3.52. The van der Waals surface area contributed by atoms with E-state index in [4.69, 9.17) is 0 Å². The third kappa shape index (κ3) is 3.87. The van der Waals surface area contributed by atoms with Crippen LogP contribution in [0.5, 0.6) is 0 Å². The molecular formula is C18H19NO3S. The van der Waals surface area contributed by atoms with E-state index in [-0.39, 0.29) is 9.80 Å². The maximum atomic E-state index is 12.9. The monoisotopic (exact) mass is 329 g/mol. The van der Waals surface area contributed by atoms with Gasteiger partial charge in [-0.3, -0.25) is 4.79 Å². The molecule has 5 heteroatoms. The highest BCUT2D eigenvalue weighted by Crippen LogP contribution is 2.23. The number of nitrogens with zero attached hydrogens (tertiary/aromatic N) is 1. The largest absolute Gasteiger partial charge is 0.382 e. The SMILES string of the molecule is Cc1ccc(S(=O)(=O)/C(=C/N(C)C)C(=O)c2ccccc2)cc1. The molecule has 0 radical (unpaired) electrons. The molecule has 0 amide bonds. The minimum absolute atomic E-state index is 0.112. The lowest BCUT2D eigenvalue weighted by atomic mass is 10.1. The summed E-state index contributed by atoms with van der Waals surface area (Å²) in [5, 5.41) is 0. The lowest BCUT2D eigenvalue weighted by Crippen LogP contribution is -2.18. The Morgan fingerprint density at radius 3 is 2.04 bits per heavy atom.